The summed E-state index contributed by atoms with van der Waals surface area (Å²) in [6, 6.07) is 7.90. The zero-order valence-electron chi connectivity index (χ0n) is 9.13. The number of nitrogens with zero attached hydrogens (tertiary/aromatic N) is 3. The van der Waals surface area contributed by atoms with Crippen molar-refractivity contribution in [3.05, 3.63) is 41.7 Å². The smallest absolute Gasteiger partial charge is 0.0781 e. The van der Waals surface area contributed by atoms with Crippen molar-refractivity contribution in [1.29, 1.82) is 0 Å². The molecule has 0 unspecified atom stereocenters. The SMILES string of the molecule is COCc1ccccc1-n1nncc1CN. The van der Waals surface area contributed by atoms with Gasteiger partial charge in [-0.2, -0.15) is 0 Å². The third kappa shape index (κ3) is 1.95. The molecule has 0 aliphatic rings. The van der Waals surface area contributed by atoms with Gasteiger partial charge in [0.15, 0.2) is 0 Å². The van der Waals surface area contributed by atoms with Gasteiger partial charge in [-0.25, -0.2) is 4.68 Å². The van der Waals surface area contributed by atoms with E-state index in [0.29, 0.717) is 13.2 Å². The Balaban J connectivity index is 2.46. The highest BCUT2D eigenvalue weighted by atomic mass is 16.5. The van der Waals surface area contributed by atoms with E-state index in [9.17, 15) is 0 Å². The number of hydrogen-bond donors (Lipinski definition) is 1. The second kappa shape index (κ2) is 4.87. The van der Waals surface area contributed by atoms with Gasteiger partial charge in [-0.15, -0.1) is 5.10 Å². The summed E-state index contributed by atoms with van der Waals surface area (Å²) < 4.78 is 6.89. The topological polar surface area (TPSA) is 66.0 Å². The molecule has 0 saturated carbocycles. The Hall–Kier alpha value is -1.72. The van der Waals surface area contributed by atoms with E-state index < -0.39 is 0 Å². The fourth-order valence-electron chi connectivity index (χ4n) is 1.59. The molecular weight excluding hydrogens is 204 g/mol. The molecule has 0 amide bonds. The predicted octanol–water partition coefficient (Wildman–Crippen LogP) is 0.872. The number of aromatic nitrogens is 3. The van der Waals surface area contributed by atoms with Crippen molar-refractivity contribution in [3.63, 3.8) is 0 Å². The molecule has 2 aromatic rings. The lowest BCUT2D eigenvalue weighted by molar-refractivity contribution is 0.184. The molecule has 16 heavy (non-hydrogen) atoms. The summed E-state index contributed by atoms with van der Waals surface area (Å²) in [5, 5.41) is 7.89. The van der Waals surface area contributed by atoms with Gasteiger partial charge < -0.3 is 10.5 Å². The fraction of sp³-hybridized carbons (Fsp3) is 0.273. The van der Waals surface area contributed by atoms with E-state index in [4.69, 9.17) is 10.5 Å². The number of benzene rings is 1. The third-order valence-corrected chi connectivity index (χ3v) is 2.35. The van der Waals surface area contributed by atoms with Crippen LogP contribution in [0.15, 0.2) is 30.5 Å². The quantitative estimate of drug-likeness (QED) is 0.827. The number of ether oxygens (including phenoxy) is 1. The van der Waals surface area contributed by atoms with Gasteiger partial charge in [-0.1, -0.05) is 23.4 Å². The first-order valence-corrected chi connectivity index (χ1v) is 5.03. The molecule has 2 rings (SSSR count). The van der Waals surface area contributed by atoms with Crippen LogP contribution in [-0.4, -0.2) is 22.1 Å². The average molecular weight is 218 g/mol. The van der Waals surface area contributed by atoms with E-state index in [1.165, 1.54) is 0 Å². The van der Waals surface area contributed by atoms with Crippen molar-refractivity contribution in [2.45, 2.75) is 13.2 Å². The first-order chi connectivity index (χ1) is 7.86. The fourth-order valence-corrected chi connectivity index (χ4v) is 1.59. The average Bonchev–Trinajstić information content (AvgIpc) is 2.78. The van der Waals surface area contributed by atoms with Gasteiger partial charge in [0.2, 0.25) is 0 Å². The number of hydrogen-bond acceptors (Lipinski definition) is 4. The van der Waals surface area contributed by atoms with E-state index in [1.54, 1.807) is 18.0 Å². The van der Waals surface area contributed by atoms with E-state index in [2.05, 4.69) is 10.3 Å². The minimum absolute atomic E-state index is 0.411. The summed E-state index contributed by atoms with van der Waals surface area (Å²) in [4.78, 5) is 0. The predicted molar refractivity (Wildman–Crippen MR) is 60.0 cm³/mol. The summed E-state index contributed by atoms with van der Waals surface area (Å²) in [5.41, 5.74) is 8.52. The van der Waals surface area contributed by atoms with Crippen LogP contribution < -0.4 is 5.73 Å². The standard InChI is InChI=1S/C11H14N4O/c1-16-8-9-4-2-3-5-11(9)15-10(6-12)7-13-14-15/h2-5,7H,6,8,12H2,1H3. The normalized spacial score (nSPS) is 10.6. The van der Waals surface area contributed by atoms with Crippen molar-refractivity contribution in [3.8, 4) is 5.69 Å². The van der Waals surface area contributed by atoms with Gasteiger partial charge in [-0.05, 0) is 6.07 Å². The molecule has 5 nitrogen and oxygen atoms in total. The van der Waals surface area contributed by atoms with Crippen molar-refractivity contribution in [2.75, 3.05) is 7.11 Å². The van der Waals surface area contributed by atoms with Crippen LogP contribution in [0.1, 0.15) is 11.3 Å². The number of para-hydroxylation sites is 1. The minimum Gasteiger partial charge on any atom is -0.380 e. The highest BCUT2D eigenvalue weighted by Gasteiger charge is 2.08. The molecule has 5 heteroatoms. The Morgan fingerprint density at radius 1 is 1.38 bits per heavy atom. The van der Waals surface area contributed by atoms with Crippen LogP contribution in [0.4, 0.5) is 0 Å². The van der Waals surface area contributed by atoms with Gasteiger partial charge in [0.1, 0.15) is 0 Å². The molecule has 0 aliphatic carbocycles. The number of rotatable bonds is 4. The van der Waals surface area contributed by atoms with Crippen molar-refractivity contribution in [2.24, 2.45) is 5.73 Å². The molecule has 0 bridgehead atoms. The van der Waals surface area contributed by atoms with Crippen LogP contribution in [0, 0.1) is 0 Å². The lowest BCUT2D eigenvalue weighted by atomic mass is 10.2. The second-order valence-electron chi connectivity index (χ2n) is 3.40. The summed E-state index contributed by atoms with van der Waals surface area (Å²) >= 11 is 0. The molecule has 1 heterocycles. The highest BCUT2D eigenvalue weighted by Crippen LogP contribution is 2.15. The van der Waals surface area contributed by atoms with Crippen LogP contribution in [-0.2, 0) is 17.9 Å². The number of methoxy groups -OCH3 is 1. The largest absolute Gasteiger partial charge is 0.380 e. The van der Waals surface area contributed by atoms with Crippen LogP contribution in [0.3, 0.4) is 0 Å². The first kappa shape index (κ1) is 10.8. The van der Waals surface area contributed by atoms with Crippen LogP contribution in [0.25, 0.3) is 5.69 Å². The van der Waals surface area contributed by atoms with Crippen molar-refractivity contribution < 1.29 is 4.74 Å². The molecule has 0 saturated heterocycles. The summed E-state index contributed by atoms with van der Waals surface area (Å²) in [7, 11) is 1.67. The highest BCUT2D eigenvalue weighted by molar-refractivity contribution is 5.40. The second-order valence-corrected chi connectivity index (χ2v) is 3.40. The lowest BCUT2D eigenvalue weighted by Crippen LogP contribution is -2.09. The summed E-state index contributed by atoms with van der Waals surface area (Å²) in [6.07, 6.45) is 1.67. The van der Waals surface area contributed by atoms with E-state index in [1.807, 2.05) is 24.3 Å². The molecule has 0 aliphatic heterocycles. The maximum Gasteiger partial charge on any atom is 0.0781 e. The molecule has 0 spiro atoms. The Kier molecular flexibility index (Phi) is 3.28. The maximum absolute atomic E-state index is 5.62. The van der Waals surface area contributed by atoms with Gasteiger partial charge in [0.05, 0.1) is 24.2 Å². The van der Waals surface area contributed by atoms with E-state index in [-0.39, 0.29) is 0 Å². The van der Waals surface area contributed by atoms with Crippen LogP contribution in [0.2, 0.25) is 0 Å². The molecule has 1 aromatic heterocycles. The zero-order valence-corrected chi connectivity index (χ0v) is 9.13. The Labute approximate surface area is 93.8 Å². The molecule has 0 atom stereocenters. The maximum atomic E-state index is 5.62. The molecular formula is C11H14N4O. The van der Waals surface area contributed by atoms with Gasteiger partial charge in [0.25, 0.3) is 0 Å². The van der Waals surface area contributed by atoms with Gasteiger partial charge >= 0.3 is 0 Å². The Bertz CT molecular complexity index is 467. The molecule has 1 aromatic carbocycles. The summed E-state index contributed by atoms with van der Waals surface area (Å²) in [6.45, 7) is 0.953. The van der Waals surface area contributed by atoms with Crippen molar-refractivity contribution in [1.82, 2.24) is 15.0 Å². The zero-order chi connectivity index (χ0) is 11.4. The molecule has 2 N–H and O–H groups in total. The molecule has 0 fully saturated rings. The monoisotopic (exact) mass is 218 g/mol. The van der Waals surface area contributed by atoms with Gasteiger partial charge in [-0.3, -0.25) is 0 Å². The van der Waals surface area contributed by atoms with E-state index in [0.717, 1.165) is 16.9 Å². The lowest BCUT2D eigenvalue weighted by Gasteiger charge is -2.09. The van der Waals surface area contributed by atoms with Crippen LogP contribution in [0.5, 0.6) is 0 Å². The minimum atomic E-state index is 0.411. The first-order valence-electron chi connectivity index (χ1n) is 5.03. The van der Waals surface area contributed by atoms with Crippen LogP contribution >= 0.6 is 0 Å². The Morgan fingerprint density at radius 2 is 2.19 bits per heavy atom. The molecule has 0 radical (unpaired) electrons. The Morgan fingerprint density at radius 3 is 2.94 bits per heavy atom. The van der Waals surface area contributed by atoms with Crippen molar-refractivity contribution >= 4 is 0 Å². The third-order valence-electron chi connectivity index (χ3n) is 2.35. The van der Waals surface area contributed by atoms with E-state index >= 15 is 0 Å². The summed E-state index contributed by atoms with van der Waals surface area (Å²) in [5.74, 6) is 0. The van der Waals surface area contributed by atoms with Gasteiger partial charge in [0, 0.05) is 19.2 Å². The number of nitrogens with two attached hydrogens (primary N) is 1. The molecule has 84 valence electrons.